The molecular formula is C15H16F3NO. The van der Waals surface area contributed by atoms with E-state index in [1.54, 1.807) is 11.0 Å². The molecule has 5 heteroatoms. The molecule has 1 fully saturated rings. The Hall–Kier alpha value is -1.78. The molecule has 1 heterocycles. The first kappa shape index (κ1) is 14.6. The van der Waals surface area contributed by atoms with Gasteiger partial charge in [0.15, 0.2) is 0 Å². The first-order valence-corrected chi connectivity index (χ1v) is 6.46. The van der Waals surface area contributed by atoms with Gasteiger partial charge in [-0.25, -0.2) is 0 Å². The molecule has 0 aliphatic carbocycles. The molecular weight excluding hydrogens is 267 g/mol. The molecule has 0 bridgehead atoms. The Balaban J connectivity index is 1.92. The lowest BCUT2D eigenvalue weighted by molar-refractivity contribution is -0.137. The van der Waals surface area contributed by atoms with Crippen LogP contribution in [0.3, 0.4) is 0 Å². The molecule has 0 saturated carbocycles. The van der Waals surface area contributed by atoms with E-state index in [-0.39, 0.29) is 11.8 Å². The van der Waals surface area contributed by atoms with Gasteiger partial charge in [-0.15, -0.1) is 6.58 Å². The SMILES string of the molecule is C=CC1CC(=O)N(CCc2ccc(C(F)(F)F)cc2)C1. The summed E-state index contributed by atoms with van der Waals surface area (Å²) in [6.07, 6.45) is -1.49. The molecule has 1 aliphatic heterocycles. The van der Waals surface area contributed by atoms with Gasteiger partial charge in [-0.1, -0.05) is 18.2 Å². The number of rotatable bonds is 4. The summed E-state index contributed by atoms with van der Waals surface area (Å²) in [5, 5.41) is 0. The first-order valence-electron chi connectivity index (χ1n) is 6.46. The summed E-state index contributed by atoms with van der Waals surface area (Å²) >= 11 is 0. The van der Waals surface area contributed by atoms with Crippen LogP contribution in [-0.2, 0) is 17.4 Å². The fraction of sp³-hybridized carbons (Fsp3) is 0.400. The fourth-order valence-electron chi connectivity index (χ4n) is 2.30. The molecule has 1 aliphatic rings. The van der Waals surface area contributed by atoms with Crippen LogP contribution in [0.25, 0.3) is 0 Å². The van der Waals surface area contributed by atoms with E-state index in [2.05, 4.69) is 6.58 Å². The highest BCUT2D eigenvalue weighted by molar-refractivity contribution is 5.79. The summed E-state index contributed by atoms with van der Waals surface area (Å²) in [5.74, 6) is 0.275. The summed E-state index contributed by atoms with van der Waals surface area (Å²) < 4.78 is 37.3. The van der Waals surface area contributed by atoms with Crippen molar-refractivity contribution in [3.8, 4) is 0 Å². The second-order valence-electron chi connectivity index (χ2n) is 4.98. The van der Waals surface area contributed by atoms with Crippen molar-refractivity contribution >= 4 is 5.91 Å². The van der Waals surface area contributed by atoms with E-state index < -0.39 is 11.7 Å². The lowest BCUT2D eigenvalue weighted by atomic mass is 10.1. The Morgan fingerprint density at radius 2 is 1.95 bits per heavy atom. The molecule has 2 nitrogen and oxygen atoms in total. The number of hydrogen-bond donors (Lipinski definition) is 0. The number of carbonyl (C=O) groups excluding carboxylic acids is 1. The van der Waals surface area contributed by atoms with Gasteiger partial charge < -0.3 is 4.90 Å². The standard InChI is InChI=1S/C15H16F3NO/c1-2-11-9-14(20)19(10-11)8-7-12-3-5-13(6-4-12)15(16,17)18/h2-6,11H,1,7-10H2. The third-order valence-corrected chi connectivity index (χ3v) is 3.53. The van der Waals surface area contributed by atoms with Crippen molar-refractivity contribution in [2.45, 2.75) is 19.0 Å². The second kappa shape index (κ2) is 5.69. The molecule has 0 spiro atoms. The highest BCUT2D eigenvalue weighted by Gasteiger charge is 2.30. The van der Waals surface area contributed by atoms with Crippen molar-refractivity contribution in [2.75, 3.05) is 13.1 Å². The maximum atomic E-state index is 12.4. The summed E-state index contributed by atoms with van der Waals surface area (Å²) in [5.41, 5.74) is 0.151. The zero-order chi connectivity index (χ0) is 14.8. The van der Waals surface area contributed by atoms with Crippen LogP contribution in [0.4, 0.5) is 13.2 Å². The summed E-state index contributed by atoms with van der Waals surface area (Å²) in [7, 11) is 0. The molecule has 1 aromatic carbocycles. The number of hydrogen-bond acceptors (Lipinski definition) is 1. The highest BCUT2D eigenvalue weighted by Crippen LogP contribution is 2.29. The summed E-state index contributed by atoms with van der Waals surface area (Å²) in [4.78, 5) is 13.4. The van der Waals surface area contributed by atoms with E-state index in [0.29, 0.717) is 25.9 Å². The fourth-order valence-corrected chi connectivity index (χ4v) is 2.30. The van der Waals surface area contributed by atoms with E-state index in [9.17, 15) is 18.0 Å². The average Bonchev–Trinajstić information content (AvgIpc) is 2.76. The van der Waals surface area contributed by atoms with Gasteiger partial charge in [-0.3, -0.25) is 4.79 Å². The Kier molecular flexibility index (Phi) is 4.16. The first-order chi connectivity index (χ1) is 9.40. The largest absolute Gasteiger partial charge is 0.416 e. The number of likely N-dealkylation sites (tertiary alicyclic amines) is 1. The molecule has 1 unspecified atom stereocenters. The minimum Gasteiger partial charge on any atom is -0.342 e. The van der Waals surface area contributed by atoms with E-state index in [0.717, 1.165) is 17.7 Å². The Morgan fingerprint density at radius 1 is 1.30 bits per heavy atom. The summed E-state index contributed by atoms with van der Waals surface area (Å²) in [6.45, 7) is 4.87. The zero-order valence-corrected chi connectivity index (χ0v) is 11.0. The van der Waals surface area contributed by atoms with Crippen LogP contribution in [-0.4, -0.2) is 23.9 Å². The summed E-state index contributed by atoms with van der Waals surface area (Å²) in [6, 6.07) is 5.09. The Bertz CT molecular complexity index is 493. The van der Waals surface area contributed by atoms with Crippen LogP contribution < -0.4 is 0 Å². The molecule has 2 rings (SSSR count). The normalized spacial score (nSPS) is 19.4. The van der Waals surface area contributed by atoms with Gasteiger partial charge in [0.2, 0.25) is 5.91 Å². The number of carbonyl (C=O) groups is 1. The van der Waals surface area contributed by atoms with E-state index in [1.165, 1.54) is 12.1 Å². The van der Waals surface area contributed by atoms with Gasteiger partial charge in [0.25, 0.3) is 0 Å². The van der Waals surface area contributed by atoms with Crippen LogP contribution in [0.5, 0.6) is 0 Å². The number of benzene rings is 1. The van der Waals surface area contributed by atoms with Crippen LogP contribution in [0.15, 0.2) is 36.9 Å². The maximum absolute atomic E-state index is 12.4. The van der Waals surface area contributed by atoms with Crippen molar-refractivity contribution in [1.82, 2.24) is 4.90 Å². The minimum atomic E-state index is -4.30. The van der Waals surface area contributed by atoms with E-state index in [4.69, 9.17) is 0 Å². The quantitative estimate of drug-likeness (QED) is 0.777. The van der Waals surface area contributed by atoms with Gasteiger partial charge in [-0.05, 0) is 24.1 Å². The van der Waals surface area contributed by atoms with E-state index in [1.807, 2.05) is 0 Å². The number of alkyl halides is 3. The molecule has 0 aromatic heterocycles. The van der Waals surface area contributed by atoms with Crippen molar-refractivity contribution in [3.05, 3.63) is 48.0 Å². The molecule has 0 N–H and O–H groups in total. The maximum Gasteiger partial charge on any atom is 0.416 e. The lowest BCUT2D eigenvalue weighted by Crippen LogP contribution is -2.27. The lowest BCUT2D eigenvalue weighted by Gasteiger charge is -2.16. The molecule has 1 atom stereocenters. The van der Waals surface area contributed by atoms with Crippen molar-refractivity contribution < 1.29 is 18.0 Å². The zero-order valence-electron chi connectivity index (χ0n) is 11.0. The third-order valence-electron chi connectivity index (χ3n) is 3.53. The second-order valence-corrected chi connectivity index (χ2v) is 4.98. The number of amides is 1. The number of halogens is 3. The predicted molar refractivity (Wildman–Crippen MR) is 70.0 cm³/mol. The van der Waals surface area contributed by atoms with Gasteiger partial charge in [0.1, 0.15) is 0 Å². The molecule has 108 valence electrons. The highest BCUT2D eigenvalue weighted by atomic mass is 19.4. The van der Waals surface area contributed by atoms with Gasteiger partial charge in [0, 0.05) is 25.4 Å². The molecule has 1 amide bonds. The van der Waals surface area contributed by atoms with Crippen molar-refractivity contribution in [1.29, 1.82) is 0 Å². The van der Waals surface area contributed by atoms with E-state index >= 15 is 0 Å². The molecule has 1 saturated heterocycles. The Morgan fingerprint density at radius 3 is 2.45 bits per heavy atom. The molecule has 20 heavy (non-hydrogen) atoms. The third kappa shape index (κ3) is 3.40. The average molecular weight is 283 g/mol. The predicted octanol–water partition coefficient (Wildman–Crippen LogP) is 3.28. The van der Waals surface area contributed by atoms with Crippen LogP contribution >= 0.6 is 0 Å². The van der Waals surface area contributed by atoms with Crippen LogP contribution in [0.1, 0.15) is 17.5 Å². The van der Waals surface area contributed by atoms with Crippen LogP contribution in [0.2, 0.25) is 0 Å². The van der Waals surface area contributed by atoms with Gasteiger partial charge in [0.05, 0.1) is 5.56 Å². The number of nitrogens with zero attached hydrogens (tertiary/aromatic N) is 1. The molecule has 0 radical (unpaired) electrons. The van der Waals surface area contributed by atoms with Crippen LogP contribution in [0, 0.1) is 5.92 Å². The van der Waals surface area contributed by atoms with Crippen molar-refractivity contribution in [2.24, 2.45) is 5.92 Å². The van der Waals surface area contributed by atoms with Gasteiger partial charge in [-0.2, -0.15) is 13.2 Å². The topological polar surface area (TPSA) is 20.3 Å². The monoisotopic (exact) mass is 283 g/mol. The Labute approximate surface area is 115 Å². The minimum absolute atomic E-state index is 0.0850. The van der Waals surface area contributed by atoms with Gasteiger partial charge >= 0.3 is 6.18 Å². The smallest absolute Gasteiger partial charge is 0.342 e. The van der Waals surface area contributed by atoms with Crippen molar-refractivity contribution in [3.63, 3.8) is 0 Å². The molecule has 1 aromatic rings.